The fourth-order valence-electron chi connectivity index (χ4n) is 5.12. The maximum Gasteiger partial charge on any atom is 0.235 e. The molecular weight excluding hydrogens is 449 g/mol. The average Bonchev–Trinajstić information content (AvgIpc) is 2.78. The summed E-state index contributed by atoms with van der Waals surface area (Å²) in [5, 5.41) is 0. The second kappa shape index (κ2) is 12.8. The quantitative estimate of drug-likeness (QED) is 0.272. The number of aliphatic imine (C=N–C) groups is 3. The van der Waals surface area contributed by atoms with Crippen molar-refractivity contribution in [3.63, 3.8) is 0 Å². The number of carbonyl (C=O) groups excluding carboxylic acids is 3. The smallest absolute Gasteiger partial charge is 0.235 e. The largest absolute Gasteiger partial charge is 0.326 e. The van der Waals surface area contributed by atoms with Gasteiger partial charge in [-0.15, -0.1) is 0 Å². The Morgan fingerprint density at radius 3 is 1.31 bits per heavy atom. The third-order valence-electron chi connectivity index (χ3n) is 6.91. The molecule has 32 heavy (non-hydrogen) atoms. The van der Waals surface area contributed by atoms with Gasteiger partial charge in [0.15, 0.2) is 6.49 Å². The zero-order chi connectivity index (χ0) is 22.8. The van der Waals surface area contributed by atoms with Crippen molar-refractivity contribution >= 4 is 36.5 Å². The molecule has 0 saturated heterocycles. The maximum absolute atomic E-state index is 10.6. The Labute approximate surface area is 194 Å². The molecule has 0 atom stereocenters. The summed E-state index contributed by atoms with van der Waals surface area (Å²) in [7, 11) is 0. The van der Waals surface area contributed by atoms with E-state index >= 15 is 0 Å². The SMILES string of the molecule is O=C=NC1CCC(CP(=S)(OC2CCC(N=C=O)CC2)OC2CCC(N=C=O)CC2)CC1. The van der Waals surface area contributed by atoms with Crippen LogP contribution in [0.4, 0.5) is 0 Å². The minimum atomic E-state index is -2.52. The van der Waals surface area contributed by atoms with E-state index in [4.69, 9.17) is 20.9 Å². The molecule has 3 rings (SSSR count). The molecule has 3 saturated carbocycles. The van der Waals surface area contributed by atoms with Crippen LogP contribution in [-0.4, -0.2) is 54.7 Å². The van der Waals surface area contributed by atoms with E-state index in [1.165, 1.54) is 0 Å². The molecule has 0 radical (unpaired) electrons. The fourth-order valence-corrected chi connectivity index (χ4v) is 9.03. The molecule has 3 aliphatic rings. The molecule has 0 aromatic heterocycles. The molecule has 176 valence electrons. The second-order valence-electron chi connectivity index (χ2n) is 9.20. The zero-order valence-corrected chi connectivity index (χ0v) is 20.1. The van der Waals surface area contributed by atoms with Gasteiger partial charge < -0.3 is 9.05 Å². The van der Waals surface area contributed by atoms with Gasteiger partial charge in [0.1, 0.15) is 0 Å². The summed E-state index contributed by atoms with van der Waals surface area (Å²) >= 11 is 6.10. The van der Waals surface area contributed by atoms with E-state index < -0.39 is 6.49 Å². The highest BCUT2D eigenvalue weighted by Gasteiger charge is 2.35. The van der Waals surface area contributed by atoms with Crippen LogP contribution in [0.25, 0.3) is 0 Å². The van der Waals surface area contributed by atoms with Crippen molar-refractivity contribution in [2.45, 2.75) is 107 Å². The molecular formula is C22H32N3O5PS. The van der Waals surface area contributed by atoms with Crippen LogP contribution in [0.1, 0.15) is 77.0 Å². The van der Waals surface area contributed by atoms with Gasteiger partial charge in [-0.05, 0) is 94.8 Å². The highest BCUT2D eigenvalue weighted by Crippen LogP contribution is 2.56. The summed E-state index contributed by atoms with van der Waals surface area (Å²) in [4.78, 5) is 43.3. The fraction of sp³-hybridized carbons (Fsp3) is 0.864. The Hall–Kier alpha value is -1.29. The number of rotatable bonds is 9. The van der Waals surface area contributed by atoms with Crippen molar-refractivity contribution in [1.29, 1.82) is 0 Å². The number of nitrogens with zero attached hydrogens (tertiary/aromatic N) is 3. The van der Waals surface area contributed by atoms with E-state index in [1.54, 1.807) is 18.2 Å². The summed E-state index contributed by atoms with van der Waals surface area (Å²) in [6.45, 7) is -2.52. The number of hydrogen-bond donors (Lipinski definition) is 0. The molecule has 0 heterocycles. The first-order chi connectivity index (χ1) is 15.5. The monoisotopic (exact) mass is 481 g/mol. The summed E-state index contributed by atoms with van der Waals surface area (Å²) in [6, 6.07) is 0.146. The van der Waals surface area contributed by atoms with Crippen molar-refractivity contribution < 1.29 is 23.4 Å². The molecule has 0 aromatic carbocycles. The molecule has 0 amide bonds. The minimum Gasteiger partial charge on any atom is -0.326 e. The van der Waals surface area contributed by atoms with Gasteiger partial charge >= 0.3 is 0 Å². The van der Waals surface area contributed by atoms with Crippen molar-refractivity contribution in [2.24, 2.45) is 20.9 Å². The predicted octanol–water partition coefficient (Wildman–Crippen LogP) is 4.52. The zero-order valence-electron chi connectivity index (χ0n) is 18.4. The van der Waals surface area contributed by atoms with Gasteiger partial charge in [-0.1, -0.05) is 0 Å². The molecule has 0 bridgehead atoms. The van der Waals surface area contributed by atoms with E-state index in [-0.39, 0.29) is 30.3 Å². The standard InChI is InChI=1S/C22H32N3O5PS/c26-14-23-18-3-1-17(2-4-18)13-31(32,29-21-9-5-19(6-10-21)24-15-27)30-22-11-7-20(8-12-22)25-16-28/h17-22H,1-13H2. The summed E-state index contributed by atoms with van der Waals surface area (Å²) < 4.78 is 13.1. The van der Waals surface area contributed by atoms with Crippen LogP contribution < -0.4 is 0 Å². The molecule has 10 heteroatoms. The Kier molecular flexibility index (Phi) is 10.1. The molecule has 0 unspecified atom stereocenters. The van der Waals surface area contributed by atoms with Crippen molar-refractivity contribution in [1.82, 2.24) is 0 Å². The van der Waals surface area contributed by atoms with Crippen molar-refractivity contribution in [3.8, 4) is 0 Å². The minimum absolute atomic E-state index is 0.0333. The van der Waals surface area contributed by atoms with Gasteiger partial charge in [-0.2, -0.15) is 0 Å². The van der Waals surface area contributed by atoms with Gasteiger partial charge in [-0.3, -0.25) is 0 Å². The normalized spacial score (nSPS) is 34.8. The van der Waals surface area contributed by atoms with E-state index in [2.05, 4.69) is 15.0 Å². The van der Waals surface area contributed by atoms with Gasteiger partial charge in [-0.25, -0.2) is 29.4 Å². The van der Waals surface area contributed by atoms with Gasteiger partial charge in [0.05, 0.1) is 30.3 Å². The molecule has 0 aliphatic heterocycles. The molecule has 3 aliphatic carbocycles. The first-order valence-corrected chi connectivity index (χ1v) is 14.5. The molecule has 0 aromatic rings. The van der Waals surface area contributed by atoms with Crippen LogP contribution in [0, 0.1) is 5.92 Å². The Bertz CT molecular complexity index is 694. The molecule has 0 N–H and O–H groups in total. The van der Waals surface area contributed by atoms with Gasteiger partial charge in [0, 0.05) is 6.16 Å². The topological polar surface area (TPSA) is 107 Å². The van der Waals surface area contributed by atoms with Gasteiger partial charge in [0.25, 0.3) is 0 Å². The highest BCUT2D eigenvalue weighted by atomic mass is 32.5. The van der Waals surface area contributed by atoms with E-state index in [0.717, 1.165) is 83.2 Å². The summed E-state index contributed by atoms with van der Waals surface area (Å²) in [5.74, 6) is 0.408. The third kappa shape index (κ3) is 7.93. The lowest BCUT2D eigenvalue weighted by atomic mass is 9.87. The Morgan fingerprint density at radius 2 is 0.969 bits per heavy atom. The van der Waals surface area contributed by atoms with Crippen LogP contribution in [0.2, 0.25) is 0 Å². The summed E-state index contributed by atoms with van der Waals surface area (Å²) in [6.07, 6.45) is 16.0. The Balaban J connectivity index is 1.61. The summed E-state index contributed by atoms with van der Waals surface area (Å²) in [5.41, 5.74) is 0. The van der Waals surface area contributed by atoms with Crippen molar-refractivity contribution in [3.05, 3.63) is 0 Å². The second-order valence-corrected chi connectivity index (χ2v) is 12.9. The number of isocyanates is 3. The van der Waals surface area contributed by atoms with Crippen molar-refractivity contribution in [2.75, 3.05) is 6.16 Å². The highest BCUT2D eigenvalue weighted by molar-refractivity contribution is 8.09. The lowest BCUT2D eigenvalue weighted by molar-refractivity contribution is 0.0935. The van der Waals surface area contributed by atoms with Crippen LogP contribution >= 0.6 is 6.49 Å². The molecule has 3 fully saturated rings. The predicted molar refractivity (Wildman–Crippen MR) is 124 cm³/mol. The van der Waals surface area contributed by atoms with Crippen LogP contribution in [0.5, 0.6) is 0 Å². The molecule has 8 nitrogen and oxygen atoms in total. The lowest BCUT2D eigenvalue weighted by Gasteiger charge is -2.37. The van der Waals surface area contributed by atoms with E-state index in [1.807, 2.05) is 0 Å². The lowest BCUT2D eigenvalue weighted by Crippen LogP contribution is -2.28. The van der Waals surface area contributed by atoms with E-state index in [9.17, 15) is 14.4 Å². The van der Waals surface area contributed by atoms with Crippen LogP contribution in [-0.2, 0) is 35.2 Å². The first kappa shape index (κ1) is 25.3. The van der Waals surface area contributed by atoms with Gasteiger partial charge in [0.2, 0.25) is 18.2 Å². The maximum atomic E-state index is 10.6. The van der Waals surface area contributed by atoms with Crippen LogP contribution in [0.15, 0.2) is 15.0 Å². The number of hydrogen-bond acceptors (Lipinski definition) is 9. The molecule has 0 spiro atoms. The first-order valence-electron chi connectivity index (χ1n) is 11.7. The Morgan fingerprint density at radius 1 is 0.625 bits per heavy atom. The van der Waals surface area contributed by atoms with E-state index in [0.29, 0.717) is 5.92 Å². The van der Waals surface area contributed by atoms with Crippen LogP contribution in [0.3, 0.4) is 0 Å². The third-order valence-corrected chi connectivity index (χ3v) is 10.1. The average molecular weight is 482 g/mol.